The highest BCUT2D eigenvalue weighted by Crippen LogP contribution is 2.29. The van der Waals surface area contributed by atoms with Gasteiger partial charge in [-0.15, -0.1) is 24.0 Å². The molecule has 27 heavy (non-hydrogen) atoms. The van der Waals surface area contributed by atoms with Crippen molar-refractivity contribution in [1.82, 2.24) is 15.6 Å². The molecule has 0 bridgehead atoms. The highest BCUT2D eigenvalue weighted by molar-refractivity contribution is 14.0. The average Bonchev–Trinajstić information content (AvgIpc) is 2.65. The van der Waals surface area contributed by atoms with Crippen LogP contribution in [-0.2, 0) is 13.0 Å². The zero-order valence-corrected chi connectivity index (χ0v) is 17.4. The number of aromatic nitrogens is 1. The third-order valence-corrected chi connectivity index (χ3v) is 3.53. The van der Waals surface area contributed by atoms with Crippen molar-refractivity contribution in [2.75, 3.05) is 20.7 Å². The average molecular weight is 492 g/mol. The van der Waals surface area contributed by atoms with Crippen LogP contribution in [0.2, 0.25) is 0 Å². The molecule has 0 unspecified atom stereocenters. The molecule has 0 amide bonds. The first-order valence-corrected chi connectivity index (χ1v) is 8.08. The number of nitrogens with zero attached hydrogens (tertiary/aromatic N) is 2. The molecule has 0 saturated carbocycles. The van der Waals surface area contributed by atoms with Crippen molar-refractivity contribution in [2.45, 2.75) is 19.6 Å². The van der Waals surface area contributed by atoms with E-state index in [1.807, 2.05) is 18.2 Å². The Labute approximate surface area is 174 Å². The number of rotatable bonds is 8. The number of alkyl halides is 2. The summed E-state index contributed by atoms with van der Waals surface area (Å²) in [6, 6.07) is 10.6. The maximum atomic E-state index is 12.5. The minimum absolute atomic E-state index is 0. The SMILES string of the molecule is CN=C(NCCc1ccccn1)NCc1ccc(OC)c(OC(F)F)c1.I. The Morgan fingerprint density at radius 1 is 1.19 bits per heavy atom. The van der Waals surface area contributed by atoms with Gasteiger partial charge in [0, 0.05) is 38.4 Å². The third-order valence-electron chi connectivity index (χ3n) is 3.53. The minimum atomic E-state index is -2.91. The van der Waals surface area contributed by atoms with Crippen molar-refractivity contribution in [2.24, 2.45) is 4.99 Å². The van der Waals surface area contributed by atoms with E-state index in [-0.39, 0.29) is 35.5 Å². The summed E-state index contributed by atoms with van der Waals surface area (Å²) in [5, 5.41) is 6.31. The van der Waals surface area contributed by atoms with Gasteiger partial charge in [-0.1, -0.05) is 12.1 Å². The van der Waals surface area contributed by atoms with E-state index in [1.165, 1.54) is 13.2 Å². The number of hydrogen-bond acceptors (Lipinski definition) is 4. The van der Waals surface area contributed by atoms with Crippen LogP contribution in [0.15, 0.2) is 47.6 Å². The van der Waals surface area contributed by atoms with Crippen molar-refractivity contribution in [3.63, 3.8) is 0 Å². The van der Waals surface area contributed by atoms with Gasteiger partial charge in [0.15, 0.2) is 17.5 Å². The monoisotopic (exact) mass is 492 g/mol. The molecule has 0 radical (unpaired) electrons. The van der Waals surface area contributed by atoms with E-state index >= 15 is 0 Å². The summed E-state index contributed by atoms with van der Waals surface area (Å²) in [4.78, 5) is 8.39. The molecule has 9 heteroatoms. The number of guanidine groups is 1. The Balaban J connectivity index is 0.00000364. The molecule has 0 fully saturated rings. The molecule has 0 aliphatic heterocycles. The van der Waals surface area contributed by atoms with Crippen LogP contribution in [-0.4, -0.2) is 38.3 Å². The van der Waals surface area contributed by atoms with Crippen LogP contribution in [0.3, 0.4) is 0 Å². The summed E-state index contributed by atoms with van der Waals surface area (Å²) in [6.45, 7) is -1.85. The van der Waals surface area contributed by atoms with E-state index < -0.39 is 6.61 Å². The number of pyridine rings is 1. The normalized spacial score (nSPS) is 10.9. The van der Waals surface area contributed by atoms with E-state index in [2.05, 4.69) is 25.3 Å². The van der Waals surface area contributed by atoms with E-state index in [0.717, 1.165) is 17.7 Å². The molecule has 2 rings (SSSR count). The Morgan fingerprint density at radius 2 is 2.00 bits per heavy atom. The number of methoxy groups -OCH3 is 1. The fourth-order valence-electron chi connectivity index (χ4n) is 2.28. The number of benzene rings is 1. The molecule has 1 aromatic carbocycles. The first-order valence-electron chi connectivity index (χ1n) is 8.08. The van der Waals surface area contributed by atoms with Crippen LogP contribution in [0.4, 0.5) is 8.78 Å². The topological polar surface area (TPSA) is 67.8 Å². The van der Waals surface area contributed by atoms with E-state index in [9.17, 15) is 8.78 Å². The van der Waals surface area contributed by atoms with Crippen LogP contribution in [0.25, 0.3) is 0 Å². The Kier molecular flexibility index (Phi) is 10.4. The van der Waals surface area contributed by atoms with Gasteiger partial charge in [-0.25, -0.2) is 0 Å². The Morgan fingerprint density at radius 3 is 2.63 bits per heavy atom. The molecule has 1 aromatic heterocycles. The summed E-state index contributed by atoms with van der Waals surface area (Å²) in [7, 11) is 3.06. The molecule has 0 aliphatic rings. The molecule has 0 atom stereocenters. The lowest BCUT2D eigenvalue weighted by Crippen LogP contribution is -2.37. The zero-order chi connectivity index (χ0) is 18.8. The van der Waals surface area contributed by atoms with Crippen molar-refractivity contribution >= 4 is 29.9 Å². The van der Waals surface area contributed by atoms with E-state index in [1.54, 1.807) is 25.4 Å². The summed E-state index contributed by atoms with van der Waals surface area (Å²) in [5.41, 5.74) is 1.74. The van der Waals surface area contributed by atoms with E-state index in [4.69, 9.17) is 4.74 Å². The molecular weight excluding hydrogens is 469 g/mol. The predicted octanol–water partition coefficient (Wildman–Crippen LogP) is 3.22. The highest BCUT2D eigenvalue weighted by Gasteiger charge is 2.11. The van der Waals surface area contributed by atoms with Gasteiger partial charge in [0.05, 0.1) is 7.11 Å². The second kappa shape index (κ2) is 12.3. The zero-order valence-electron chi connectivity index (χ0n) is 15.1. The van der Waals surface area contributed by atoms with Gasteiger partial charge in [-0.2, -0.15) is 8.78 Å². The fourth-order valence-corrected chi connectivity index (χ4v) is 2.28. The number of ether oxygens (including phenoxy) is 2. The van der Waals surface area contributed by atoms with Crippen molar-refractivity contribution in [3.8, 4) is 11.5 Å². The summed E-state index contributed by atoms with van der Waals surface area (Å²) >= 11 is 0. The lowest BCUT2D eigenvalue weighted by Gasteiger charge is -2.14. The van der Waals surface area contributed by atoms with Crippen molar-refractivity contribution in [1.29, 1.82) is 0 Å². The van der Waals surface area contributed by atoms with Gasteiger partial charge in [-0.3, -0.25) is 9.98 Å². The lowest BCUT2D eigenvalue weighted by atomic mass is 10.2. The van der Waals surface area contributed by atoms with Crippen LogP contribution in [0.5, 0.6) is 11.5 Å². The minimum Gasteiger partial charge on any atom is -0.493 e. The number of halogens is 3. The first kappa shape index (κ1) is 22.9. The molecule has 2 N–H and O–H groups in total. The fraction of sp³-hybridized carbons (Fsp3) is 0.333. The molecule has 0 aliphatic carbocycles. The second-order valence-corrected chi connectivity index (χ2v) is 5.29. The number of aliphatic imine (C=N–C) groups is 1. The van der Waals surface area contributed by atoms with Gasteiger partial charge in [0.1, 0.15) is 0 Å². The summed E-state index contributed by atoms with van der Waals surface area (Å²) in [6.07, 6.45) is 2.52. The third kappa shape index (κ3) is 7.94. The summed E-state index contributed by atoms with van der Waals surface area (Å²) < 4.78 is 34.5. The molecule has 148 valence electrons. The lowest BCUT2D eigenvalue weighted by molar-refractivity contribution is -0.0512. The maximum Gasteiger partial charge on any atom is 0.387 e. The molecule has 2 aromatic rings. The Hall–Kier alpha value is -2.17. The second-order valence-electron chi connectivity index (χ2n) is 5.29. The molecule has 6 nitrogen and oxygen atoms in total. The standard InChI is InChI=1S/C18H22F2N4O2.HI/c1-21-18(23-10-8-14-5-3-4-9-22-14)24-12-13-6-7-15(25-2)16(11-13)26-17(19)20;/h3-7,9,11,17H,8,10,12H2,1-2H3,(H2,21,23,24);1H. The van der Waals surface area contributed by atoms with Crippen LogP contribution < -0.4 is 20.1 Å². The van der Waals surface area contributed by atoms with Gasteiger partial charge in [0.2, 0.25) is 0 Å². The van der Waals surface area contributed by atoms with Gasteiger partial charge in [-0.05, 0) is 29.8 Å². The highest BCUT2D eigenvalue weighted by atomic mass is 127. The molecule has 0 saturated heterocycles. The smallest absolute Gasteiger partial charge is 0.387 e. The Bertz CT molecular complexity index is 718. The van der Waals surface area contributed by atoms with Crippen LogP contribution in [0.1, 0.15) is 11.3 Å². The van der Waals surface area contributed by atoms with Crippen molar-refractivity contribution in [3.05, 3.63) is 53.9 Å². The molecular formula is C18H23F2IN4O2. The number of hydrogen-bond donors (Lipinski definition) is 2. The van der Waals surface area contributed by atoms with Gasteiger partial charge >= 0.3 is 6.61 Å². The molecule has 1 heterocycles. The molecule has 0 spiro atoms. The predicted molar refractivity (Wildman–Crippen MR) is 111 cm³/mol. The summed E-state index contributed by atoms with van der Waals surface area (Å²) in [5.74, 6) is 0.861. The van der Waals surface area contributed by atoms with Gasteiger partial charge in [0.25, 0.3) is 0 Å². The van der Waals surface area contributed by atoms with E-state index in [0.29, 0.717) is 19.0 Å². The number of nitrogens with one attached hydrogen (secondary N) is 2. The van der Waals surface area contributed by atoms with Crippen molar-refractivity contribution < 1.29 is 18.3 Å². The van der Waals surface area contributed by atoms with Crippen LogP contribution in [0, 0.1) is 0 Å². The maximum absolute atomic E-state index is 12.5. The first-order chi connectivity index (χ1) is 12.6. The van der Waals surface area contributed by atoms with Crippen LogP contribution >= 0.6 is 24.0 Å². The van der Waals surface area contributed by atoms with Gasteiger partial charge < -0.3 is 20.1 Å². The quantitative estimate of drug-likeness (QED) is 0.337. The largest absolute Gasteiger partial charge is 0.493 e.